The molecule has 2 aromatic rings. The van der Waals surface area contributed by atoms with Gasteiger partial charge in [-0.1, -0.05) is 25.4 Å². The van der Waals surface area contributed by atoms with E-state index in [9.17, 15) is 13.2 Å². The highest BCUT2D eigenvalue weighted by Gasteiger charge is 2.31. The molecule has 27 heavy (non-hydrogen) atoms. The lowest BCUT2D eigenvalue weighted by molar-refractivity contribution is 0.102. The molecule has 2 atom stereocenters. The molecule has 1 amide bonds. The van der Waals surface area contributed by atoms with E-state index < -0.39 is 15.9 Å². The van der Waals surface area contributed by atoms with Crippen LogP contribution in [-0.4, -0.2) is 36.7 Å². The van der Waals surface area contributed by atoms with Crippen LogP contribution in [0.5, 0.6) is 0 Å². The molecule has 1 aliphatic heterocycles. The SMILES string of the molecule is C[C@@H]1C[C@H](C)CN(S(=O)(=O)c2ccc(NC(=O)c3cccnc3Cl)cc2)C1. The minimum Gasteiger partial charge on any atom is -0.322 e. The van der Waals surface area contributed by atoms with Crippen molar-refractivity contribution in [1.29, 1.82) is 0 Å². The number of halogens is 1. The standard InChI is InChI=1S/C19H22ClN3O3S/c1-13-10-14(2)12-23(11-13)27(25,26)16-7-5-15(6-8-16)22-19(24)17-4-3-9-21-18(17)20/h3-9,13-14H,10-12H2,1-2H3,(H,22,24)/t13-,14+. The summed E-state index contributed by atoms with van der Waals surface area (Å²) < 4.78 is 27.3. The number of aromatic nitrogens is 1. The van der Waals surface area contributed by atoms with Crippen LogP contribution in [0.15, 0.2) is 47.5 Å². The fourth-order valence-corrected chi connectivity index (χ4v) is 5.30. The monoisotopic (exact) mass is 407 g/mol. The van der Waals surface area contributed by atoms with Crippen molar-refractivity contribution in [3.63, 3.8) is 0 Å². The van der Waals surface area contributed by atoms with Gasteiger partial charge in [0.2, 0.25) is 10.0 Å². The maximum Gasteiger partial charge on any atom is 0.258 e. The van der Waals surface area contributed by atoms with Crippen molar-refractivity contribution in [2.24, 2.45) is 11.8 Å². The van der Waals surface area contributed by atoms with Gasteiger partial charge in [-0.15, -0.1) is 0 Å². The van der Waals surface area contributed by atoms with Crippen LogP contribution in [0.1, 0.15) is 30.6 Å². The average molecular weight is 408 g/mol. The number of nitrogens with one attached hydrogen (secondary N) is 1. The van der Waals surface area contributed by atoms with E-state index in [-0.39, 0.29) is 15.6 Å². The van der Waals surface area contributed by atoms with E-state index in [0.717, 1.165) is 6.42 Å². The van der Waals surface area contributed by atoms with Crippen molar-refractivity contribution in [2.45, 2.75) is 25.2 Å². The Bertz CT molecular complexity index is 921. The maximum atomic E-state index is 12.9. The molecule has 0 unspecified atom stereocenters. The first kappa shape index (κ1) is 19.8. The summed E-state index contributed by atoms with van der Waals surface area (Å²) in [5.41, 5.74) is 0.742. The highest BCUT2D eigenvalue weighted by Crippen LogP contribution is 2.27. The molecule has 8 heteroatoms. The molecule has 0 bridgehead atoms. The number of hydrogen-bond donors (Lipinski definition) is 1. The van der Waals surface area contributed by atoms with Gasteiger partial charge in [-0.05, 0) is 54.7 Å². The molecule has 1 N–H and O–H groups in total. The van der Waals surface area contributed by atoms with Crippen LogP contribution in [0.25, 0.3) is 0 Å². The largest absolute Gasteiger partial charge is 0.322 e. The third-order valence-electron chi connectivity index (χ3n) is 4.59. The van der Waals surface area contributed by atoms with Crippen molar-refractivity contribution in [2.75, 3.05) is 18.4 Å². The fraction of sp³-hybridized carbons (Fsp3) is 0.368. The van der Waals surface area contributed by atoms with Gasteiger partial charge < -0.3 is 5.32 Å². The first-order valence-electron chi connectivity index (χ1n) is 8.79. The molecule has 0 radical (unpaired) electrons. The first-order chi connectivity index (χ1) is 12.8. The second-order valence-corrected chi connectivity index (χ2v) is 9.38. The minimum atomic E-state index is -3.54. The Labute approximate surface area is 164 Å². The highest BCUT2D eigenvalue weighted by atomic mass is 35.5. The number of piperidine rings is 1. The topological polar surface area (TPSA) is 79.4 Å². The van der Waals surface area contributed by atoms with Crippen LogP contribution < -0.4 is 5.32 Å². The number of benzene rings is 1. The third-order valence-corrected chi connectivity index (χ3v) is 6.74. The first-order valence-corrected chi connectivity index (χ1v) is 10.6. The van der Waals surface area contributed by atoms with Crippen molar-refractivity contribution < 1.29 is 13.2 Å². The van der Waals surface area contributed by atoms with Crippen LogP contribution in [0.4, 0.5) is 5.69 Å². The Hall–Kier alpha value is -1.96. The molecular formula is C19H22ClN3O3S. The number of nitrogens with zero attached hydrogens (tertiary/aromatic N) is 2. The van der Waals surface area contributed by atoms with Crippen LogP contribution >= 0.6 is 11.6 Å². The summed E-state index contributed by atoms with van der Waals surface area (Å²) in [6, 6.07) is 9.37. The summed E-state index contributed by atoms with van der Waals surface area (Å²) in [6.07, 6.45) is 2.54. The van der Waals surface area contributed by atoms with Crippen LogP contribution in [-0.2, 0) is 10.0 Å². The molecule has 1 aromatic heterocycles. The predicted molar refractivity (Wildman–Crippen MR) is 105 cm³/mol. The number of carbonyl (C=O) groups is 1. The van der Waals surface area contributed by atoms with Crippen molar-refractivity contribution >= 4 is 33.2 Å². The lowest BCUT2D eigenvalue weighted by atomic mass is 9.94. The quantitative estimate of drug-likeness (QED) is 0.784. The molecule has 144 valence electrons. The normalized spacial score (nSPS) is 21.0. The average Bonchev–Trinajstić information content (AvgIpc) is 2.61. The molecule has 6 nitrogen and oxygen atoms in total. The van der Waals surface area contributed by atoms with Gasteiger partial charge in [0.05, 0.1) is 10.5 Å². The second-order valence-electron chi connectivity index (χ2n) is 7.09. The zero-order chi connectivity index (χ0) is 19.6. The molecule has 1 fully saturated rings. The molecule has 1 aliphatic rings. The fourth-order valence-electron chi connectivity index (χ4n) is 3.42. The predicted octanol–water partition coefficient (Wildman–Crippen LogP) is 3.65. The minimum absolute atomic E-state index is 0.113. The van der Waals surface area contributed by atoms with E-state index in [0.29, 0.717) is 30.6 Å². The van der Waals surface area contributed by atoms with Crippen molar-refractivity contribution in [3.05, 3.63) is 53.3 Å². The molecule has 0 aliphatic carbocycles. The van der Waals surface area contributed by atoms with Gasteiger partial charge in [0.1, 0.15) is 5.15 Å². The van der Waals surface area contributed by atoms with Crippen LogP contribution in [0.2, 0.25) is 5.15 Å². The summed E-state index contributed by atoms with van der Waals surface area (Å²) in [6.45, 7) is 5.20. The van der Waals surface area contributed by atoms with E-state index >= 15 is 0 Å². The lowest BCUT2D eigenvalue weighted by Gasteiger charge is -2.34. The van der Waals surface area contributed by atoms with Gasteiger partial charge in [-0.2, -0.15) is 4.31 Å². The Morgan fingerprint density at radius 1 is 1.15 bits per heavy atom. The summed E-state index contributed by atoms with van der Waals surface area (Å²) >= 11 is 5.92. The number of sulfonamides is 1. The third kappa shape index (κ3) is 4.48. The second kappa shape index (κ2) is 7.96. The molecule has 1 saturated heterocycles. The van der Waals surface area contributed by atoms with Crippen molar-refractivity contribution in [3.8, 4) is 0 Å². The molecule has 3 rings (SSSR count). The number of rotatable bonds is 4. The van der Waals surface area contributed by atoms with E-state index in [4.69, 9.17) is 11.6 Å². The zero-order valence-electron chi connectivity index (χ0n) is 15.2. The van der Waals surface area contributed by atoms with E-state index in [1.807, 2.05) is 0 Å². The summed E-state index contributed by atoms with van der Waals surface area (Å²) in [5, 5.41) is 2.81. The zero-order valence-corrected chi connectivity index (χ0v) is 16.8. The molecule has 1 aromatic carbocycles. The number of anilines is 1. The molecule has 2 heterocycles. The maximum absolute atomic E-state index is 12.9. The summed E-state index contributed by atoms with van der Waals surface area (Å²) in [5.74, 6) is 0.278. The van der Waals surface area contributed by atoms with E-state index in [1.54, 1.807) is 28.6 Å². The number of hydrogen-bond acceptors (Lipinski definition) is 4. The van der Waals surface area contributed by atoms with Gasteiger partial charge in [0, 0.05) is 25.0 Å². The van der Waals surface area contributed by atoms with Crippen molar-refractivity contribution in [1.82, 2.24) is 9.29 Å². The lowest BCUT2D eigenvalue weighted by Crippen LogP contribution is -2.42. The molecule has 0 spiro atoms. The molecular weight excluding hydrogens is 386 g/mol. The van der Waals surface area contributed by atoms with Crippen LogP contribution in [0.3, 0.4) is 0 Å². The highest BCUT2D eigenvalue weighted by molar-refractivity contribution is 7.89. The summed E-state index contributed by atoms with van der Waals surface area (Å²) in [4.78, 5) is 16.4. The Kier molecular flexibility index (Phi) is 5.83. The molecule has 0 saturated carbocycles. The van der Waals surface area contributed by atoms with Gasteiger partial charge in [-0.3, -0.25) is 4.79 Å². The number of carbonyl (C=O) groups excluding carboxylic acids is 1. The number of pyridine rings is 1. The summed E-state index contributed by atoms with van der Waals surface area (Å²) in [7, 11) is -3.54. The van der Waals surface area contributed by atoms with Gasteiger partial charge in [0.25, 0.3) is 5.91 Å². The smallest absolute Gasteiger partial charge is 0.258 e. The van der Waals surface area contributed by atoms with Gasteiger partial charge in [0.15, 0.2) is 0 Å². The van der Waals surface area contributed by atoms with E-state index in [2.05, 4.69) is 24.1 Å². The van der Waals surface area contributed by atoms with Crippen LogP contribution in [0, 0.1) is 11.8 Å². The Morgan fingerprint density at radius 2 is 1.78 bits per heavy atom. The number of amides is 1. The Balaban J connectivity index is 1.75. The van der Waals surface area contributed by atoms with Gasteiger partial charge in [-0.25, -0.2) is 13.4 Å². The van der Waals surface area contributed by atoms with Gasteiger partial charge >= 0.3 is 0 Å². The Morgan fingerprint density at radius 3 is 2.37 bits per heavy atom. The van der Waals surface area contributed by atoms with E-state index in [1.165, 1.54) is 18.3 Å².